The third kappa shape index (κ3) is 12.0. The molecule has 3 N–H and O–H groups in total. The molecule has 1 aromatic carbocycles. The van der Waals surface area contributed by atoms with Crippen LogP contribution >= 0.6 is 0 Å². The van der Waals surface area contributed by atoms with Gasteiger partial charge in [0.05, 0.1) is 0 Å². The van der Waals surface area contributed by atoms with Gasteiger partial charge in [0, 0.05) is 0 Å². The summed E-state index contributed by atoms with van der Waals surface area (Å²) in [5.41, 5.74) is 0. The standard InChI is InChI=1S/C6H6O.CH2O3.Na.H/c7-6-4-2-1-3-5-6;2-1(3)4;;/h1-5,7H;(H2,2,3,4);;/q;;+1;-1. The van der Waals surface area contributed by atoms with Gasteiger partial charge in [-0.2, -0.15) is 0 Å². The van der Waals surface area contributed by atoms with Crippen molar-refractivity contribution in [2.75, 3.05) is 0 Å². The topological polar surface area (TPSA) is 77.8 Å². The van der Waals surface area contributed by atoms with Crippen LogP contribution in [0.25, 0.3) is 0 Å². The Hall–Kier alpha value is -0.710. The molecule has 1 aromatic rings. The Balaban J connectivity index is -0.000000150. The van der Waals surface area contributed by atoms with Gasteiger partial charge in [-0.05, 0) is 12.1 Å². The predicted molar refractivity (Wildman–Crippen MR) is 39.9 cm³/mol. The minimum Gasteiger partial charge on any atom is -1.00 e. The molecule has 0 aliphatic rings. The summed E-state index contributed by atoms with van der Waals surface area (Å²) >= 11 is 0. The molecule has 0 saturated heterocycles. The van der Waals surface area contributed by atoms with Crippen molar-refractivity contribution in [3.63, 3.8) is 0 Å². The maximum Gasteiger partial charge on any atom is 1.00 e. The zero-order valence-corrected chi connectivity index (χ0v) is 8.64. The monoisotopic (exact) mass is 180 g/mol. The van der Waals surface area contributed by atoms with Crippen LogP contribution in [-0.2, 0) is 0 Å². The maximum atomic E-state index is 8.63. The van der Waals surface area contributed by atoms with Crippen LogP contribution in [0.15, 0.2) is 30.3 Å². The van der Waals surface area contributed by atoms with Crippen molar-refractivity contribution in [2.24, 2.45) is 0 Å². The van der Waals surface area contributed by atoms with Gasteiger partial charge in [-0.15, -0.1) is 0 Å². The van der Waals surface area contributed by atoms with E-state index in [1.165, 1.54) is 0 Å². The van der Waals surface area contributed by atoms with Crippen LogP contribution in [0.3, 0.4) is 0 Å². The van der Waals surface area contributed by atoms with Crippen molar-refractivity contribution in [1.29, 1.82) is 0 Å². The van der Waals surface area contributed by atoms with Crippen LogP contribution in [0.1, 0.15) is 1.43 Å². The molecule has 0 fully saturated rings. The van der Waals surface area contributed by atoms with E-state index in [0.29, 0.717) is 5.75 Å². The summed E-state index contributed by atoms with van der Waals surface area (Å²) in [6.07, 6.45) is -1.83. The molecule has 62 valence electrons. The van der Waals surface area contributed by atoms with Gasteiger partial charge in [0.1, 0.15) is 5.75 Å². The first kappa shape index (κ1) is 13.9. The second kappa shape index (κ2) is 8.39. The van der Waals surface area contributed by atoms with E-state index in [2.05, 4.69) is 0 Å². The third-order valence-electron chi connectivity index (χ3n) is 0.756. The molecule has 0 aliphatic carbocycles. The molecule has 12 heavy (non-hydrogen) atoms. The number of para-hydroxylation sites is 1. The second-order valence-corrected chi connectivity index (χ2v) is 1.62. The Labute approximate surface area is 93.2 Å². The molecule has 0 amide bonds. The van der Waals surface area contributed by atoms with Crippen LogP contribution in [0.5, 0.6) is 5.75 Å². The van der Waals surface area contributed by atoms with Crippen molar-refractivity contribution in [2.45, 2.75) is 0 Å². The number of hydrogen-bond acceptors (Lipinski definition) is 2. The van der Waals surface area contributed by atoms with Gasteiger partial charge in [0.15, 0.2) is 0 Å². The average Bonchev–Trinajstić information content (AvgIpc) is 1.87. The largest absolute Gasteiger partial charge is 1.00 e. The average molecular weight is 180 g/mol. The molecule has 0 atom stereocenters. The Kier molecular flexibility index (Phi) is 9.68. The van der Waals surface area contributed by atoms with Gasteiger partial charge >= 0.3 is 35.7 Å². The number of phenols is 1. The van der Waals surface area contributed by atoms with E-state index < -0.39 is 6.16 Å². The van der Waals surface area contributed by atoms with Gasteiger partial charge in [0.2, 0.25) is 0 Å². The summed E-state index contributed by atoms with van der Waals surface area (Å²) in [7, 11) is 0. The molecule has 0 heterocycles. The Bertz CT molecular complexity index is 213. The molecule has 0 aromatic heterocycles. The van der Waals surface area contributed by atoms with Crippen molar-refractivity contribution in [1.82, 2.24) is 0 Å². The van der Waals surface area contributed by atoms with E-state index in [4.69, 9.17) is 20.1 Å². The number of rotatable bonds is 0. The van der Waals surface area contributed by atoms with Gasteiger partial charge in [-0.3, -0.25) is 0 Å². The van der Waals surface area contributed by atoms with E-state index in [-0.39, 0.29) is 31.0 Å². The fraction of sp³-hybridized carbons (Fsp3) is 0. The van der Waals surface area contributed by atoms with Crippen molar-refractivity contribution in [3.05, 3.63) is 30.3 Å². The fourth-order valence-electron chi connectivity index (χ4n) is 0.428. The van der Waals surface area contributed by atoms with Crippen molar-refractivity contribution < 1.29 is 51.1 Å². The summed E-state index contributed by atoms with van der Waals surface area (Å²) in [5, 5.41) is 22.6. The number of benzene rings is 1. The minimum absolute atomic E-state index is 0. The smallest absolute Gasteiger partial charge is 1.00 e. The Morgan fingerprint density at radius 3 is 1.67 bits per heavy atom. The number of hydrogen-bond donors (Lipinski definition) is 3. The first-order valence-electron chi connectivity index (χ1n) is 2.79. The van der Waals surface area contributed by atoms with Gasteiger partial charge in [-0.25, -0.2) is 4.79 Å². The SMILES string of the molecule is O=C(O)O.Oc1ccccc1.[H-].[Na+]. The summed E-state index contributed by atoms with van der Waals surface area (Å²) in [4.78, 5) is 8.56. The first-order chi connectivity index (χ1) is 5.13. The van der Waals surface area contributed by atoms with Gasteiger partial charge in [0.25, 0.3) is 0 Å². The predicted octanol–water partition coefficient (Wildman–Crippen LogP) is -1.27. The molecule has 0 spiro atoms. The summed E-state index contributed by atoms with van der Waals surface area (Å²) in [6.45, 7) is 0. The fourth-order valence-corrected chi connectivity index (χ4v) is 0.428. The van der Waals surface area contributed by atoms with Crippen LogP contribution in [0, 0.1) is 0 Å². The van der Waals surface area contributed by atoms with Gasteiger partial charge in [-0.1, -0.05) is 18.2 Å². The Morgan fingerprint density at radius 1 is 1.17 bits per heavy atom. The van der Waals surface area contributed by atoms with Crippen LogP contribution in [0.4, 0.5) is 4.79 Å². The number of carbonyl (C=O) groups is 1. The molecule has 0 aliphatic heterocycles. The molecule has 0 bridgehead atoms. The van der Waals surface area contributed by atoms with E-state index in [1.54, 1.807) is 24.3 Å². The number of phenolic OH excluding ortho intramolecular Hbond substituents is 1. The van der Waals surface area contributed by atoms with Crippen LogP contribution in [-0.4, -0.2) is 21.5 Å². The Morgan fingerprint density at radius 2 is 1.50 bits per heavy atom. The molecule has 0 unspecified atom stereocenters. The first-order valence-corrected chi connectivity index (χ1v) is 2.79. The van der Waals surface area contributed by atoms with Crippen LogP contribution < -0.4 is 29.6 Å². The summed E-state index contributed by atoms with van der Waals surface area (Å²) < 4.78 is 0. The number of aromatic hydroxyl groups is 1. The van der Waals surface area contributed by atoms with E-state index >= 15 is 0 Å². The van der Waals surface area contributed by atoms with Crippen molar-refractivity contribution in [3.8, 4) is 5.75 Å². The van der Waals surface area contributed by atoms with E-state index in [0.717, 1.165) is 0 Å². The molecule has 5 heteroatoms. The second-order valence-electron chi connectivity index (χ2n) is 1.62. The zero-order chi connectivity index (χ0) is 8.69. The molecule has 0 saturated carbocycles. The van der Waals surface area contributed by atoms with Crippen molar-refractivity contribution >= 4 is 6.16 Å². The van der Waals surface area contributed by atoms with Gasteiger partial charge < -0.3 is 16.7 Å². The maximum absolute atomic E-state index is 8.63. The van der Waals surface area contributed by atoms with E-state index in [1.807, 2.05) is 6.07 Å². The summed E-state index contributed by atoms with van der Waals surface area (Å²) in [5.74, 6) is 0.322. The summed E-state index contributed by atoms with van der Waals surface area (Å²) in [6, 6.07) is 8.71. The van der Waals surface area contributed by atoms with Crippen LogP contribution in [0.2, 0.25) is 0 Å². The zero-order valence-electron chi connectivity index (χ0n) is 7.64. The minimum atomic E-state index is -1.83. The molecule has 4 nitrogen and oxygen atoms in total. The van der Waals surface area contributed by atoms with E-state index in [9.17, 15) is 0 Å². The normalized spacial score (nSPS) is 7.00. The molecule has 0 radical (unpaired) electrons. The number of carboxylic acid groups (broad SMARTS) is 2. The molecular weight excluding hydrogens is 171 g/mol. The molecular formula is C7H9NaO4. The molecule has 1 rings (SSSR count). The quantitative estimate of drug-likeness (QED) is 0.435. The third-order valence-corrected chi connectivity index (χ3v) is 0.756.